The van der Waals surface area contributed by atoms with Gasteiger partial charge in [0, 0.05) is 12.3 Å². The smallest absolute Gasteiger partial charge is 0.219 e. The van der Waals surface area contributed by atoms with Gasteiger partial charge in [-0.15, -0.1) is 0 Å². The van der Waals surface area contributed by atoms with Gasteiger partial charge in [0.05, 0.1) is 0 Å². The molecular weight excluding hydrogens is 190 g/mol. The summed E-state index contributed by atoms with van der Waals surface area (Å²) in [6.45, 7) is 1.97. The van der Waals surface area contributed by atoms with Crippen molar-refractivity contribution in [3.05, 3.63) is 48.2 Å². The zero-order valence-corrected chi connectivity index (χ0v) is 8.34. The fourth-order valence-corrected chi connectivity index (χ4v) is 1.15. The highest BCUT2D eigenvalue weighted by Gasteiger charge is 1.97. The summed E-state index contributed by atoms with van der Waals surface area (Å²) < 4.78 is 5.47. The number of hydrogen-bond acceptors (Lipinski definition) is 3. The van der Waals surface area contributed by atoms with Gasteiger partial charge in [-0.3, -0.25) is 0 Å². The number of nitrogens with zero attached hydrogens (tertiary/aromatic N) is 1. The summed E-state index contributed by atoms with van der Waals surface area (Å²) in [5.74, 6) is 1.43. The molecular formula is C12H11NO2. The van der Waals surface area contributed by atoms with Crippen LogP contribution in [-0.4, -0.2) is 10.1 Å². The van der Waals surface area contributed by atoms with Crippen molar-refractivity contribution in [2.24, 2.45) is 0 Å². The zero-order valence-electron chi connectivity index (χ0n) is 8.34. The molecule has 0 atom stereocenters. The quantitative estimate of drug-likeness (QED) is 0.812. The molecule has 0 spiro atoms. The van der Waals surface area contributed by atoms with Crippen LogP contribution >= 0.6 is 0 Å². The van der Waals surface area contributed by atoms with E-state index in [4.69, 9.17) is 9.84 Å². The Hall–Kier alpha value is -2.03. The number of phenols is 1. The van der Waals surface area contributed by atoms with E-state index in [1.165, 1.54) is 0 Å². The minimum absolute atomic E-state index is 0.221. The van der Waals surface area contributed by atoms with Gasteiger partial charge in [-0.25, -0.2) is 4.98 Å². The first kappa shape index (κ1) is 9.52. The number of aromatic nitrogens is 1. The van der Waals surface area contributed by atoms with Crippen LogP contribution in [0.2, 0.25) is 0 Å². The van der Waals surface area contributed by atoms with Crippen LogP contribution in [-0.2, 0) is 0 Å². The standard InChI is InChI=1S/C12H11NO2/c1-9-2-7-12(13-8-9)15-11-5-3-10(14)4-6-11/h2-8,14H,1H3. The molecule has 0 aliphatic rings. The molecule has 0 saturated heterocycles. The van der Waals surface area contributed by atoms with E-state index < -0.39 is 0 Å². The molecule has 1 aromatic heterocycles. The maximum atomic E-state index is 9.09. The lowest BCUT2D eigenvalue weighted by atomic mass is 10.3. The molecule has 0 bridgehead atoms. The van der Waals surface area contributed by atoms with Crippen LogP contribution in [0.1, 0.15) is 5.56 Å². The van der Waals surface area contributed by atoms with Crippen molar-refractivity contribution >= 4 is 0 Å². The monoisotopic (exact) mass is 201 g/mol. The minimum Gasteiger partial charge on any atom is -0.508 e. The molecule has 1 N–H and O–H groups in total. The van der Waals surface area contributed by atoms with Crippen LogP contribution < -0.4 is 4.74 Å². The van der Waals surface area contributed by atoms with Gasteiger partial charge in [-0.1, -0.05) is 6.07 Å². The molecule has 0 amide bonds. The molecule has 0 saturated carbocycles. The second-order valence-corrected chi connectivity index (χ2v) is 3.27. The van der Waals surface area contributed by atoms with Crippen molar-refractivity contribution in [1.82, 2.24) is 4.98 Å². The van der Waals surface area contributed by atoms with Crippen LogP contribution in [0, 0.1) is 6.92 Å². The highest BCUT2D eigenvalue weighted by atomic mass is 16.5. The lowest BCUT2D eigenvalue weighted by Gasteiger charge is -2.04. The van der Waals surface area contributed by atoms with E-state index >= 15 is 0 Å². The Bertz CT molecular complexity index is 391. The Morgan fingerprint density at radius 3 is 2.40 bits per heavy atom. The van der Waals surface area contributed by atoms with Gasteiger partial charge in [-0.05, 0) is 36.8 Å². The number of phenolic OH excluding ortho intramolecular Hbond substituents is 1. The van der Waals surface area contributed by atoms with Gasteiger partial charge in [0.25, 0.3) is 0 Å². The van der Waals surface area contributed by atoms with E-state index in [-0.39, 0.29) is 5.75 Å². The van der Waals surface area contributed by atoms with Crippen LogP contribution in [0.15, 0.2) is 42.6 Å². The molecule has 0 radical (unpaired) electrons. The minimum atomic E-state index is 0.221. The Morgan fingerprint density at radius 1 is 1.07 bits per heavy atom. The first-order valence-electron chi connectivity index (χ1n) is 4.63. The summed E-state index contributed by atoms with van der Waals surface area (Å²) in [7, 11) is 0. The average molecular weight is 201 g/mol. The third-order valence-corrected chi connectivity index (χ3v) is 1.94. The summed E-state index contributed by atoms with van der Waals surface area (Å²) >= 11 is 0. The molecule has 2 rings (SSSR count). The number of rotatable bonds is 2. The van der Waals surface area contributed by atoms with Crippen molar-refractivity contribution < 1.29 is 9.84 Å². The van der Waals surface area contributed by atoms with Gasteiger partial charge >= 0.3 is 0 Å². The van der Waals surface area contributed by atoms with Crippen LogP contribution in [0.4, 0.5) is 0 Å². The van der Waals surface area contributed by atoms with E-state index in [1.807, 2.05) is 19.1 Å². The highest BCUT2D eigenvalue weighted by molar-refractivity contribution is 5.32. The normalized spacial score (nSPS) is 9.93. The molecule has 0 aliphatic carbocycles. The summed E-state index contributed by atoms with van der Waals surface area (Å²) in [5.41, 5.74) is 1.09. The molecule has 1 heterocycles. The van der Waals surface area contributed by atoms with Crippen LogP contribution in [0.3, 0.4) is 0 Å². The molecule has 76 valence electrons. The largest absolute Gasteiger partial charge is 0.508 e. The number of aromatic hydroxyl groups is 1. The predicted molar refractivity (Wildman–Crippen MR) is 57.2 cm³/mol. The fraction of sp³-hybridized carbons (Fsp3) is 0.0833. The van der Waals surface area contributed by atoms with Gasteiger partial charge < -0.3 is 9.84 Å². The van der Waals surface area contributed by atoms with Crippen LogP contribution in [0.5, 0.6) is 17.4 Å². The van der Waals surface area contributed by atoms with Crippen molar-refractivity contribution in [2.75, 3.05) is 0 Å². The van der Waals surface area contributed by atoms with Gasteiger partial charge in [0.1, 0.15) is 11.5 Å². The number of hydrogen-bond donors (Lipinski definition) is 1. The lowest BCUT2D eigenvalue weighted by Crippen LogP contribution is -1.87. The third kappa shape index (κ3) is 2.47. The van der Waals surface area contributed by atoms with Gasteiger partial charge in [0.2, 0.25) is 5.88 Å². The van der Waals surface area contributed by atoms with Crippen molar-refractivity contribution in [3.8, 4) is 17.4 Å². The summed E-state index contributed by atoms with van der Waals surface area (Å²) in [6.07, 6.45) is 1.75. The highest BCUT2D eigenvalue weighted by Crippen LogP contribution is 2.21. The van der Waals surface area contributed by atoms with E-state index in [1.54, 1.807) is 30.5 Å². The van der Waals surface area contributed by atoms with E-state index in [2.05, 4.69) is 4.98 Å². The van der Waals surface area contributed by atoms with E-state index in [9.17, 15) is 0 Å². The zero-order chi connectivity index (χ0) is 10.7. The Morgan fingerprint density at radius 2 is 1.80 bits per heavy atom. The topological polar surface area (TPSA) is 42.4 Å². The fourth-order valence-electron chi connectivity index (χ4n) is 1.15. The molecule has 0 unspecified atom stereocenters. The van der Waals surface area contributed by atoms with Crippen molar-refractivity contribution in [1.29, 1.82) is 0 Å². The maximum absolute atomic E-state index is 9.09. The van der Waals surface area contributed by atoms with E-state index in [0.717, 1.165) is 5.56 Å². The number of benzene rings is 1. The third-order valence-electron chi connectivity index (χ3n) is 1.94. The molecule has 2 aromatic rings. The Kier molecular flexibility index (Phi) is 2.54. The lowest BCUT2D eigenvalue weighted by molar-refractivity contribution is 0.454. The molecule has 1 aromatic carbocycles. The number of pyridine rings is 1. The second kappa shape index (κ2) is 4.00. The SMILES string of the molecule is Cc1ccc(Oc2ccc(O)cc2)nc1. The first-order chi connectivity index (χ1) is 7.24. The molecule has 15 heavy (non-hydrogen) atoms. The molecule has 0 aliphatic heterocycles. The number of aryl methyl sites for hydroxylation is 1. The first-order valence-corrected chi connectivity index (χ1v) is 4.63. The van der Waals surface area contributed by atoms with Gasteiger partial charge in [-0.2, -0.15) is 0 Å². The molecule has 0 fully saturated rings. The van der Waals surface area contributed by atoms with Gasteiger partial charge in [0.15, 0.2) is 0 Å². The maximum Gasteiger partial charge on any atom is 0.219 e. The Labute approximate surface area is 88.0 Å². The summed E-state index contributed by atoms with van der Waals surface area (Å²) in [4.78, 5) is 4.11. The second-order valence-electron chi connectivity index (χ2n) is 3.27. The van der Waals surface area contributed by atoms with Crippen LogP contribution in [0.25, 0.3) is 0 Å². The Balaban J connectivity index is 2.15. The van der Waals surface area contributed by atoms with Crippen molar-refractivity contribution in [3.63, 3.8) is 0 Å². The number of ether oxygens (including phenoxy) is 1. The predicted octanol–water partition coefficient (Wildman–Crippen LogP) is 2.89. The van der Waals surface area contributed by atoms with Crippen molar-refractivity contribution in [2.45, 2.75) is 6.92 Å². The molecule has 3 nitrogen and oxygen atoms in total. The molecule has 3 heteroatoms. The van der Waals surface area contributed by atoms with E-state index in [0.29, 0.717) is 11.6 Å². The summed E-state index contributed by atoms with van der Waals surface area (Å²) in [5, 5.41) is 9.09. The average Bonchev–Trinajstić information content (AvgIpc) is 2.25. The summed E-state index contributed by atoms with van der Waals surface area (Å²) in [6, 6.07) is 10.3.